The summed E-state index contributed by atoms with van der Waals surface area (Å²) in [6.45, 7) is 0.709. The van der Waals surface area contributed by atoms with Crippen LogP contribution in [0.2, 0.25) is 0 Å². The number of carbonyl (C=O) groups is 3. The average Bonchev–Trinajstić information content (AvgIpc) is 3.34. The van der Waals surface area contributed by atoms with Crippen LogP contribution in [0.15, 0.2) is 22.8 Å². The fourth-order valence-electron chi connectivity index (χ4n) is 3.91. The van der Waals surface area contributed by atoms with E-state index >= 15 is 0 Å². The molecular formula is C19H28N4O4. The van der Waals surface area contributed by atoms with Crippen molar-refractivity contribution in [2.24, 2.45) is 0 Å². The van der Waals surface area contributed by atoms with Gasteiger partial charge in [0.25, 0.3) is 5.91 Å². The minimum absolute atomic E-state index is 0.0443. The maximum atomic E-state index is 12.6. The van der Waals surface area contributed by atoms with Gasteiger partial charge in [0.15, 0.2) is 0 Å². The Morgan fingerprint density at radius 1 is 1.37 bits per heavy atom. The van der Waals surface area contributed by atoms with Crippen LogP contribution in [-0.4, -0.2) is 60.4 Å². The molecule has 4 amide bonds. The van der Waals surface area contributed by atoms with E-state index < -0.39 is 5.54 Å². The molecule has 0 radical (unpaired) electrons. The van der Waals surface area contributed by atoms with Gasteiger partial charge in [0.1, 0.15) is 11.3 Å². The molecule has 2 fully saturated rings. The molecule has 2 aliphatic rings. The standard InChI is InChI=1S/C19H28N4O4/c1-22(2)14(15-7-6-12-27-15)13-20-16(24)8-5-11-23-17(25)19(21-18(23)26)9-3-4-10-19/h6-7,12,14H,3-5,8-11,13H2,1-2H3,(H,20,24)(H,21,26). The van der Waals surface area contributed by atoms with E-state index in [2.05, 4.69) is 10.6 Å². The first-order valence-corrected chi connectivity index (χ1v) is 9.53. The van der Waals surface area contributed by atoms with Crippen molar-refractivity contribution >= 4 is 17.8 Å². The van der Waals surface area contributed by atoms with Gasteiger partial charge in [-0.05, 0) is 45.5 Å². The van der Waals surface area contributed by atoms with Crippen LogP contribution in [0.5, 0.6) is 0 Å². The lowest BCUT2D eigenvalue weighted by molar-refractivity contribution is -0.131. The number of carbonyl (C=O) groups excluding carboxylic acids is 3. The Bertz CT molecular complexity index is 680. The summed E-state index contributed by atoms with van der Waals surface area (Å²) in [5.74, 6) is 0.563. The topological polar surface area (TPSA) is 94.9 Å². The Kier molecular flexibility index (Phi) is 5.84. The molecule has 2 N–H and O–H groups in total. The molecule has 1 aromatic rings. The van der Waals surface area contributed by atoms with Crippen molar-refractivity contribution in [3.8, 4) is 0 Å². The molecule has 1 atom stereocenters. The molecule has 8 heteroatoms. The molecule has 0 bridgehead atoms. The molecule has 1 spiro atoms. The second kappa shape index (κ2) is 8.12. The van der Waals surface area contributed by atoms with Crippen LogP contribution in [0, 0.1) is 0 Å². The molecule has 1 aromatic heterocycles. The Morgan fingerprint density at radius 2 is 2.11 bits per heavy atom. The van der Waals surface area contributed by atoms with E-state index in [9.17, 15) is 14.4 Å². The highest BCUT2D eigenvalue weighted by Gasteiger charge is 2.52. The predicted octanol–water partition coefficient (Wildman–Crippen LogP) is 1.64. The van der Waals surface area contributed by atoms with Crippen molar-refractivity contribution in [3.05, 3.63) is 24.2 Å². The Morgan fingerprint density at radius 3 is 2.74 bits per heavy atom. The number of hydrogen-bond acceptors (Lipinski definition) is 5. The highest BCUT2D eigenvalue weighted by molar-refractivity contribution is 6.07. The minimum atomic E-state index is -0.679. The van der Waals surface area contributed by atoms with E-state index in [0.717, 1.165) is 18.6 Å². The molecule has 8 nitrogen and oxygen atoms in total. The monoisotopic (exact) mass is 376 g/mol. The minimum Gasteiger partial charge on any atom is -0.468 e. The van der Waals surface area contributed by atoms with Crippen LogP contribution >= 0.6 is 0 Å². The Hall–Kier alpha value is -2.35. The van der Waals surface area contributed by atoms with Crippen LogP contribution in [0.4, 0.5) is 4.79 Å². The number of imide groups is 1. The van der Waals surface area contributed by atoms with E-state index in [1.54, 1.807) is 6.26 Å². The summed E-state index contributed by atoms with van der Waals surface area (Å²) in [4.78, 5) is 40.1. The summed E-state index contributed by atoms with van der Waals surface area (Å²) in [6, 6.07) is 3.33. The van der Waals surface area contributed by atoms with Gasteiger partial charge in [0.2, 0.25) is 5.91 Å². The first-order valence-electron chi connectivity index (χ1n) is 9.53. The quantitative estimate of drug-likeness (QED) is 0.673. The first-order chi connectivity index (χ1) is 12.9. The third-order valence-electron chi connectivity index (χ3n) is 5.48. The number of furan rings is 1. The van der Waals surface area contributed by atoms with Gasteiger partial charge in [0, 0.05) is 19.5 Å². The van der Waals surface area contributed by atoms with E-state index in [4.69, 9.17) is 4.42 Å². The molecule has 148 valence electrons. The Balaban J connectivity index is 1.43. The predicted molar refractivity (Wildman–Crippen MR) is 98.8 cm³/mol. The number of nitrogens with zero attached hydrogens (tertiary/aromatic N) is 2. The van der Waals surface area contributed by atoms with Crippen molar-refractivity contribution in [3.63, 3.8) is 0 Å². The SMILES string of the molecule is CN(C)C(CNC(=O)CCCN1C(=O)NC2(CCCC2)C1=O)c1ccco1. The maximum Gasteiger partial charge on any atom is 0.325 e. The molecule has 2 heterocycles. The fourth-order valence-corrected chi connectivity index (χ4v) is 3.91. The van der Waals surface area contributed by atoms with Crippen LogP contribution in [0.1, 0.15) is 50.3 Å². The highest BCUT2D eigenvalue weighted by atomic mass is 16.3. The molecular weight excluding hydrogens is 348 g/mol. The third kappa shape index (κ3) is 4.16. The lowest BCUT2D eigenvalue weighted by atomic mass is 9.98. The lowest BCUT2D eigenvalue weighted by Crippen LogP contribution is -2.44. The average molecular weight is 376 g/mol. The van der Waals surface area contributed by atoms with Crippen LogP contribution in [0.3, 0.4) is 0 Å². The van der Waals surface area contributed by atoms with Gasteiger partial charge < -0.3 is 15.1 Å². The number of hydrogen-bond donors (Lipinski definition) is 2. The molecule has 1 aliphatic heterocycles. The maximum absolute atomic E-state index is 12.6. The van der Waals surface area contributed by atoms with Gasteiger partial charge in [-0.15, -0.1) is 0 Å². The fraction of sp³-hybridized carbons (Fsp3) is 0.632. The van der Waals surface area contributed by atoms with Gasteiger partial charge in [-0.1, -0.05) is 12.8 Å². The smallest absolute Gasteiger partial charge is 0.325 e. The number of urea groups is 1. The zero-order valence-electron chi connectivity index (χ0n) is 16.0. The van der Waals surface area contributed by atoms with Crippen LogP contribution in [0.25, 0.3) is 0 Å². The number of nitrogens with one attached hydrogen (secondary N) is 2. The van der Waals surface area contributed by atoms with E-state index in [1.165, 1.54) is 4.90 Å². The molecule has 0 aromatic carbocycles. The van der Waals surface area contributed by atoms with Crippen LogP contribution in [-0.2, 0) is 9.59 Å². The third-order valence-corrected chi connectivity index (χ3v) is 5.48. The summed E-state index contributed by atoms with van der Waals surface area (Å²) in [5.41, 5.74) is -0.679. The Labute approximate surface area is 159 Å². The van der Waals surface area contributed by atoms with Gasteiger partial charge >= 0.3 is 6.03 Å². The molecule has 3 rings (SSSR count). The largest absolute Gasteiger partial charge is 0.468 e. The highest BCUT2D eigenvalue weighted by Crippen LogP contribution is 2.35. The summed E-state index contributed by atoms with van der Waals surface area (Å²) < 4.78 is 5.43. The van der Waals surface area contributed by atoms with E-state index in [1.807, 2.05) is 31.1 Å². The van der Waals surface area contributed by atoms with Crippen molar-refractivity contribution in [2.45, 2.75) is 50.1 Å². The summed E-state index contributed by atoms with van der Waals surface area (Å²) in [7, 11) is 3.85. The lowest BCUT2D eigenvalue weighted by Gasteiger charge is -2.22. The van der Waals surface area contributed by atoms with Gasteiger partial charge in [0.05, 0.1) is 12.3 Å². The number of amides is 4. The van der Waals surface area contributed by atoms with Crippen molar-refractivity contribution in [2.75, 3.05) is 27.2 Å². The van der Waals surface area contributed by atoms with E-state index in [0.29, 0.717) is 25.8 Å². The molecule has 1 aliphatic carbocycles. The van der Waals surface area contributed by atoms with Gasteiger partial charge in [-0.25, -0.2) is 4.79 Å². The molecule has 1 saturated heterocycles. The summed E-state index contributed by atoms with van der Waals surface area (Å²) in [5, 5.41) is 5.76. The van der Waals surface area contributed by atoms with Crippen molar-refractivity contribution in [1.82, 2.24) is 20.4 Å². The number of rotatable bonds is 8. The van der Waals surface area contributed by atoms with Gasteiger partial charge in [-0.2, -0.15) is 0 Å². The molecule has 27 heavy (non-hydrogen) atoms. The zero-order valence-corrected chi connectivity index (χ0v) is 16.0. The zero-order chi connectivity index (χ0) is 19.4. The van der Waals surface area contributed by atoms with Gasteiger partial charge in [-0.3, -0.25) is 19.4 Å². The molecule has 1 saturated carbocycles. The second-order valence-corrected chi connectivity index (χ2v) is 7.58. The summed E-state index contributed by atoms with van der Waals surface area (Å²) >= 11 is 0. The normalized spacial score (nSPS) is 19.7. The number of likely N-dealkylation sites (N-methyl/N-ethyl adjacent to an activating group) is 1. The summed E-state index contributed by atoms with van der Waals surface area (Å²) in [6.07, 6.45) is 5.69. The van der Waals surface area contributed by atoms with Crippen molar-refractivity contribution in [1.29, 1.82) is 0 Å². The van der Waals surface area contributed by atoms with E-state index in [-0.39, 0.29) is 36.9 Å². The first kappa shape index (κ1) is 19.4. The molecule has 1 unspecified atom stereocenters. The van der Waals surface area contributed by atoms with Crippen LogP contribution < -0.4 is 10.6 Å². The second-order valence-electron chi connectivity index (χ2n) is 7.58. The van der Waals surface area contributed by atoms with Crippen molar-refractivity contribution < 1.29 is 18.8 Å².